The smallest absolute Gasteiger partial charge is 0.119 e. The minimum Gasteiger partial charge on any atom is -0.491 e. The lowest BCUT2D eigenvalue weighted by Crippen LogP contribution is -2.25. The molecule has 0 unspecified atom stereocenters. The molecule has 0 saturated carbocycles. The Hall–Kier alpha value is -1.22. The van der Waals surface area contributed by atoms with Crippen LogP contribution in [0.5, 0.6) is 5.75 Å². The maximum atomic E-state index is 5.63. The van der Waals surface area contributed by atoms with E-state index in [1.54, 1.807) is 0 Å². The highest BCUT2D eigenvalue weighted by Crippen LogP contribution is 2.19. The van der Waals surface area contributed by atoms with Crippen LogP contribution in [0.3, 0.4) is 0 Å². The highest BCUT2D eigenvalue weighted by molar-refractivity contribution is 5.47. The van der Waals surface area contributed by atoms with Crippen molar-refractivity contribution in [2.45, 2.75) is 52.7 Å². The molecule has 0 aliphatic carbocycles. The first-order valence-electron chi connectivity index (χ1n) is 6.81. The number of rotatable bonds is 5. The number of anilines is 1. The Morgan fingerprint density at radius 2 is 1.47 bits per heavy atom. The lowest BCUT2D eigenvalue weighted by molar-refractivity contribution is -0.0162. The average molecular weight is 265 g/mol. The summed E-state index contributed by atoms with van der Waals surface area (Å²) >= 11 is 0. The van der Waals surface area contributed by atoms with Gasteiger partial charge in [-0.3, -0.25) is 0 Å². The number of ether oxygens (including phenoxy) is 2. The molecule has 108 valence electrons. The summed E-state index contributed by atoms with van der Waals surface area (Å²) in [4.78, 5) is 0. The van der Waals surface area contributed by atoms with Gasteiger partial charge in [0, 0.05) is 11.2 Å². The van der Waals surface area contributed by atoms with E-state index in [0.717, 1.165) is 11.4 Å². The van der Waals surface area contributed by atoms with Crippen molar-refractivity contribution in [1.82, 2.24) is 0 Å². The standard InChI is InChI=1S/C16H27NO2/c1-15(2,3)17-13-7-9-14(10-8-13)18-11-12-19-16(4,5)6/h7-10,17H,11-12H2,1-6H3. The van der Waals surface area contributed by atoms with Crippen molar-refractivity contribution in [2.75, 3.05) is 18.5 Å². The summed E-state index contributed by atoms with van der Waals surface area (Å²) in [5.74, 6) is 0.872. The van der Waals surface area contributed by atoms with Gasteiger partial charge in [0.05, 0.1) is 12.2 Å². The van der Waals surface area contributed by atoms with Gasteiger partial charge < -0.3 is 14.8 Å². The fourth-order valence-electron chi connectivity index (χ4n) is 1.57. The van der Waals surface area contributed by atoms with Crippen LogP contribution < -0.4 is 10.1 Å². The van der Waals surface area contributed by atoms with Gasteiger partial charge in [-0.25, -0.2) is 0 Å². The monoisotopic (exact) mass is 265 g/mol. The molecule has 0 amide bonds. The zero-order chi connectivity index (χ0) is 14.5. The van der Waals surface area contributed by atoms with Gasteiger partial charge in [-0.15, -0.1) is 0 Å². The molecular formula is C16H27NO2. The number of hydrogen-bond donors (Lipinski definition) is 1. The Balaban J connectivity index is 2.36. The molecular weight excluding hydrogens is 238 g/mol. The molecule has 0 heterocycles. The maximum absolute atomic E-state index is 5.63. The molecule has 3 heteroatoms. The van der Waals surface area contributed by atoms with Crippen LogP contribution in [0.25, 0.3) is 0 Å². The van der Waals surface area contributed by atoms with E-state index in [9.17, 15) is 0 Å². The second kappa shape index (κ2) is 6.29. The number of benzene rings is 1. The van der Waals surface area contributed by atoms with Crippen molar-refractivity contribution in [3.8, 4) is 5.75 Å². The first kappa shape index (κ1) is 15.8. The highest BCUT2D eigenvalue weighted by Gasteiger charge is 2.10. The first-order chi connectivity index (χ1) is 8.66. The lowest BCUT2D eigenvalue weighted by atomic mass is 10.1. The van der Waals surface area contributed by atoms with E-state index in [4.69, 9.17) is 9.47 Å². The van der Waals surface area contributed by atoms with Gasteiger partial charge in [-0.2, -0.15) is 0 Å². The molecule has 0 aliphatic rings. The van der Waals surface area contributed by atoms with Gasteiger partial charge >= 0.3 is 0 Å². The highest BCUT2D eigenvalue weighted by atomic mass is 16.5. The van der Waals surface area contributed by atoms with Crippen LogP contribution in [0.1, 0.15) is 41.5 Å². The molecule has 0 atom stereocenters. The normalized spacial score (nSPS) is 12.3. The summed E-state index contributed by atoms with van der Waals surface area (Å²) in [6.07, 6.45) is 0. The molecule has 0 bridgehead atoms. The molecule has 0 saturated heterocycles. The third kappa shape index (κ3) is 7.73. The SMILES string of the molecule is CC(C)(C)Nc1ccc(OCCOC(C)(C)C)cc1. The third-order valence-electron chi connectivity index (χ3n) is 2.26. The van der Waals surface area contributed by atoms with E-state index in [-0.39, 0.29) is 11.1 Å². The Morgan fingerprint density at radius 1 is 0.895 bits per heavy atom. The van der Waals surface area contributed by atoms with Crippen molar-refractivity contribution >= 4 is 5.69 Å². The second-order valence-corrected chi connectivity index (χ2v) is 6.71. The van der Waals surface area contributed by atoms with Crippen LogP contribution in [-0.2, 0) is 4.74 Å². The van der Waals surface area contributed by atoms with Gasteiger partial charge in [0.2, 0.25) is 0 Å². The first-order valence-corrected chi connectivity index (χ1v) is 6.81. The minimum absolute atomic E-state index is 0.0723. The molecule has 19 heavy (non-hydrogen) atoms. The van der Waals surface area contributed by atoms with Crippen molar-refractivity contribution in [1.29, 1.82) is 0 Å². The maximum Gasteiger partial charge on any atom is 0.119 e. The molecule has 0 spiro atoms. The predicted molar refractivity (Wildman–Crippen MR) is 81.0 cm³/mol. The molecule has 1 aromatic carbocycles. The molecule has 1 N–H and O–H groups in total. The average Bonchev–Trinajstić information content (AvgIpc) is 2.23. The van der Waals surface area contributed by atoms with E-state index in [1.165, 1.54) is 0 Å². The fourth-order valence-corrected chi connectivity index (χ4v) is 1.57. The Labute approximate surface area is 117 Å². The van der Waals surface area contributed by atoms with Gasteiger partial charge in [0.25, 0.3) is 0 Å². The Bertz CT molecular complexity index is 371. The summed E-state index contributed by atoms with van der Waals surface area (Å²) in [6.45, 7) is 13.7. The zero-order valence-electron chi connectivity index (χ0n) is 13.0. The molecule has 0 radical (unpaired) electrons. The Morgan fingerprint density at radius 3 is 1.95 bits per heavy atom. The van der Waals surface area contributed by atoms with Gasteiger partial charge in [-0.1, -0.05) is 0 Å². The van der Waals surface area contributed by atoms with E-state index in [0.29, 0.717) is 13.2 Å². The Kier molecular flexibility index (Phi) is 5.24. The van der Waals surface area contributed by atoms with Crippen LogP contribution in [-0.4, -0.2) is 24.4 Å². The second-order valence-electron chi connectivity index (χ2n) is 6.71. The van der Waals surface area contributed by atoms with Crippen LogP contribution >= 0.6 is 0 Å². The van der Waals surface area contributed by atoms with Crippen LogP contribution in [0.15, 0.2) is 24.3 Å². The molecule has 0 fully saturated rings. The van der Waals surface area contributed by atoms with E-state index >= 15 is 0 Å². The van der Waals surface area contributed by atoms with E-state index < -0.39 is 0 Å². The van der Waals surface area contributed by atoms with Gasteiger partial charge in [-0.05, 0) is 65.8 Å². The minimum atomic E-state index is -0.107. The van der Waals surface area contributed by atoms with Crippen LogP contribution in [0.4, 0.5) is 5.69 Å². The fraction of sp³-hybridized carbons (Fsp3) is 0.625. The largest absolute Gasteiger partial charge is 0.491 e. The number of nitrogens with one attached hydrogen (secondary N) is 1. The summed E-state index contributed by atoms with van der Waals surface area (Å²) in [5, 5.41) is 3.42. The molecule has 3 nitrogen and oxygen atoms in total. The summed E-state index contributed by atoms with van der Waals surface area (Å²) in [7, 11) is 0. The van der Waals surface area contributed by atoms with Gasteiger partial charge in [0.1, 0.15) is 12.4 Å². The van der Waals surface area contributed by atoms with Crippen LogP contribution in [0, 0.1) is 0 Å². The van der Waals surface area contributed by atoms with E-state index in [1.807, 2.05) is 45.0 Å². The zero-order valence-corrected chi connectivity index (χ0v) is 13.0. The van der Waals surface area contributed by atoms with Gasteiger partial charge in [0.15, 0.2) is 0 Å². The topological polar surface area (TPSA) is 30.5 Å². The lowest BCUT2D eigenvalue weighted by Gasteiger charge is -2.22. The quantitative estimate of drug-likeness (QED) is 0.813. The number of hydrogen-bond acceptors (Lipinski definition) is 3. The molecule has 1 aromatic rings. The van der Waals surface area contributed by atoms with Crippen molar-refractivity contribution in [2.24, 2.45) is 0 Å². The van der Waals surface area contributed by atoms with Crippen LogP contribution in [0.2, 0.25) is 0 Å². The molecule has 0 aromatic heterocycles. The molecule has 1 rings (SSSR count). The third-order valence-corrected chi connectivity index (χ3v) is 2.26. The van der Waals surface area contributed by atoms with Crippen molar-refractivity contribution in [3.05, 3.63) is 24.3 Å². The van der Waals surface area contributed by atoms with Crippen molar-refractivity contribution in [3.63, 3.8) is 0 Å². The summed E-state index contributed by atoms with van der Waals surface area (Å²) in [5.41, 5.74) is 1.07. The predicted octanol–water partition coefficient (Wildman–Crippen LogP) is 4.09. The summed E-state index contributed by atoms with van der Waals surface area (Å²) in [6, 6.07) is 8.02. The molecule has 0 aliphatic heterocycles. The summed E-state index contributed by atoms with van der Waals surface area (Å²) < 4.78 is 11.2. The van der Waals surface area contributed by atoms with E-state index in [2.05, 4.69) is 26.1 Å². The van der Waals surface area contributed by atoms with Crippen molar-refractivity contribution < 1.29 is 9.47 Å².